The van der Waals surface area contributed by atoms with Crippen molar-refractivity contribution in [3.05, 3.63) is 36.0 Å². The average molecular weight is 355 g/mol. The summed E-state index contributed by atoms with van der Waals surface area (Å²) in [5.41, 5.74) is 2.22. The number of benzene rings is 1. The Balaban J connectivity index is 1.48. The highest BCUT2D eigenvalue weighted by Crippen LogP contribution is 2.23. The van der Waals surface area contributed by atoms with Crippen LogP contribution in [0.5, 0.6) is 5.75 Å². The first kappa shape index (κ1) is 17.1. The van der Waals surface area contributed by atoms with Gasteiger partial charge in [0.15, 0.2) is 0 Å². The van der Waals surface area contributed by atoms with Crippen molar-refractivity contribution in [1.82, 2.24) is 24.9 Å². The van der Waals surface area contributed by atoms with Gasteiger partial charge in [0.25, 0.3) is 5.91 Å². The van der Waals surface area contributed by atoms with Crippen LogP contribution in [0.3, 0.4) is 0 Å². The van der Waals surface area contributed by atoms with Crippen LogP contribution in [0.15, 0.2) is 30.3 Å². The Labute approximate surface area is 153 Å². The van der Waals surface area contributed by atoms with Gasteiger partial charge in [0.2, 0.25) is 0 Å². The summed E-state index contributed by atoms with van der Waals surface area (Å²) in [6, 6.07) is 9.94. The van der Waals surface area contributed by atoms with E-state index in [2.05, 4.69) is 27.0 Å². The van der Waals surface area contributed by atoms with Gasteiger partial charge in [-0.1, -0.05) is 12.1 Å². The molecule has 2 aromatic rings. The zero-order chi connectivity index (χ0) is 18.1. The van der Waals surface area contributed by atoms with Crippen LogP contribution in [0.25, 0.3) is 11.3 Å². The lowest BCUT2D eigenvalue weighted by atomic mass is 10.1. The standard InChI is InChI=1S/C19H25N5O2/c1-22-6-7-23-8-9-24(13-15(23)12-22)19(25)18-11-17(20-21-18)14-4-3-5-16(10-14)26-2/h3-5,10-11,15H,6-9,12-13H2,1-2H3,(H,20,21). The SMILES string of the molecule is COc1cccc(-c2cc(C(=O)N3CCN4CCN(C)CC4C3)[nH]n2)c1. The Morgan fingerprint density at radius 2 is 2.04 bits per heavy atom. The summed E-state index contributed by atoms with van der Waals surface area (Å²) in [4.78, 5) is 19.7. The summed E-state index contributed by atoms with van der Waals surface area (Å²) < 4.78 is 5.26. The molecule has 0 radical (unpaired) electrons. The number of nitrogens with zero attached hydrogens (tertiary/aromatic N) is 4. The van der Waals surface area contributed by atoms with Crippen molar-refractivity contribution in [2.45, 2.75) is 6.04 Å². The fraction of sp³-hybridized carbons (Fsp3) is 0.474. The lowest BCUT2D eigenvalue weighted by Crippen LogP contribution is -2.62. The molecule has 0 aliphatic carbocycles. The number of ether oxygens (including phenoxy) is 1. The van der Waals surface area contributed by atoms with Crippen molar-refractivity contribution in [2.75, 3.05) is 53.4 Å². The maximum atomic E-state index is 12.9. The van der Waals surface area contributed by atoms with Crippen molar-refractivity contribution < 1.29 is 9.53 Å². The third-order valence-corrected chi connectivity index (χ3v) is 5.36. The molecule has 1 aromatic carbocycles. The van der Waals surface area contributed by atoms with E-state index in [4.69, 9.17) is 4.74 Å². The summed E-state index contributed by atoms with van der Waals surface area (Å²) >= 11 is 0. The predicted octanol–water partition coefficient (Wildman–Crippen LogP) is 1.16. The number of hydrogen-bond acceptors (Lipinski definition) is 5. The molecular weight excluding hydrogens is 330 g/mol. The maximum absolute atomic E-state index is 12.9. The van der Waals surface area contributed by atoms with Gasteiger partial charge in [-0.25, -0.2) is 0 Å². The van der Waals surface area contributed by atoms with E-state index in [1.54, 1.807) is 7.11 Å². The Bertz CT molecular complexity index is 790. The zero-order valence-corrected chi connectivity index (χ0v) is 15.3. The molecule has 4 rings (SSSR count). The largest absolute Gasteiger partial charge is 0.497 e. The van der Waals surface area contributed by atoms with Crippen LogP contribution in [-0.2, 0) is 0 Å². The second kappa shape index (κ2) is 7.09. The molecule has 2 fully saturated rings. The topological polar surface area (TPSA) is 64.7 Å². The van der Waals surface area contributed by atoms with Crippen molar-refractivity contribution in [3.63, 3.8) is 0 Å². The monoisotopic (exact) mass is 355 g/mol. The fourth-order valence-corrected chi connectivity index (χ4v) is 3.83. The van der Waals surface area contributed by atoms with Gasteiger partial charge < -0.3 is 14.5 Å². The van der Waals surface area contributed by atoms with E-state index >= 15 is 0 Å². The molecule has 3 heterocycles. The van der Waals surface area contributed by atoms with Gasteiger partial charge in [-0.15, -0.1) is 0 Å². The average Bonchev–Trinajstić information content (AvgIpc) is 3.17. The van der Waals surface area contributed by atoms with E-state index in [1.807, 2.05) is 35.2 Å². The Hall–Kier alpha value is -2.38. The molecule has 2 aliphatic heterocycles. The maximum Gasteiger partial charge on any atom is 0.271 e. The number of nitrogens with one attached hydrogen (secondary N) is 1. The molecule has 7 nitrogen and oxygen atoms in total. The van der Waals surface area contributed by atoms with Gasteiger partial charge in [0.1, 0.15) is 11.4 Å². The first-order valence-corrected chi connectivity index (χ1v) is 9.06. The van der Waals surface area contributed by atoms with E-state index in [-0.39, 0.29) is 5.91 Å². The predicted molar refractivity (Wildman–Crippen MR) is 99.3 cm³/mol. The van der Waals surface area contributed by atoms with Crippen molar-refractivity contribution in [3.8, 4) is 17.0 Å². The molecule has 7 heteroatoms. The third-order valence-electron chi connectivity index (χ3n) is 5.36. The minimum atomic E-state index is 0.0273. The van der Waals surface area contributed by atoms with E-state index in [0.29, 0.717) is 11.7 Å². The van der Waals surface area contributed by atoms with E-state index in [0.717, 1.165) is 56.3 Å². The number of carbonyl (C=O) groups is 1. The molecule has 1 N–H and O–H groups in total. The van der Waals surface area contributed by atoms with Crippen LogP contribution in [0, 0.1) is 0 Å². The number of aromatic nitrogens is 2. The third kappa shape index (κ3) is 3.32. The highest BCUT2D eigenvalue weighted by Gasteiger charge is 2.33. The summed E-state index contributed by atoms with van der Waals surface area (Å²) in [7, 11) is 3.79. The molecule has 2 aliphatic rings. The molecule has 1 unspecified atom stereocenters. The van der Waals surface area contributed by atoms with Gasteiger partial charge >= 0.3 is 0 Å². The number of H-pyrrole nitrogens is 1. The van der Waals surface area contributed by atoms with Crippen LogP contribution < -0.4 is 4.74 Å². The van der Waals surface area contributed by atoms with Crippen LogP contribution in [0.1, 0.15) is 10.5 Å². The summed E-state index contributed by atoms with van der Waals surface area (Å²) in [5.74, 6) is 0.801. The highest BCUT2D eigenvalue weighted by atomic mass is 16.5. The molecule has 1 aromatic heterocycles. The summed E-state index contributed by atoms with van der Waals surface area (Å²) in [6.07, 6.45) is 0. The van der Waals surface area contributed by atoms with E-state index in [9.17, 15) is 4.79 Å². The van der Waals surface area contributed by atoms with Crippen LogP contribution in [-0.4, -0.2) is 90.3 Å². The molecule has 1 amide bonds. The number of piperazine rings is 2. The van der Waals surface area contributed by atoms with Gasteiger partial charge in [0, 0.05) is 50.9 Å². The quantitative estimate of drug-likeness (QED) is 0.895. The van der Waals surface area contributed by atoms with E-state index in [1.165, 1.54) is 0 Å². The van der Waals surface area contributed by atoms with Crippen molar-refractivity contribution in [2.24, 2.45) is 0 Å². The van der Waals surface area contributed by atoms with Gasteiger partial charge in [-0.3, -0.25) is 14.8 Å². The summed E-state index contributed by atoms with van der Waals surface area (Å²) in [5, 5.41) is 7.24. The van der Waals surface area contributed by atoms with Gasteiger partial charge in [0.05, 0.1) is 12.8 Å². The number of aromatic amines is 1. The molecule has 0 spiro atoms. The normalized spacial score (nSPS) is 21.5. The minimum Gasteiger partial charge on any atom is -0.497 e. The summed E-state index contributed by atoms with van der Waals surface area (Å²) in [6.45, 7) is 5.70. The molecule has 0 bridgehead atoms. The molecule has 26 heavy (non-hydrogen) atoms. The van der Waals surface area contributed by atoms with Gasteiger partial charge in [-0.2, -0.15) is 5.10 Å². The number of carbonyl (C=O) groups excluding carboxylic acids is 1. The Morgan fingerprint density at radius 3 is 2.88 bits per heavy atom. The molecule has 138 valence electrons. The second-order valence-corrected chi connectivity index (χ2v) is 7.10. The minimum absolute atomic E-state index is 0.0273. The zero-order valence-electron chi connectivity index (χ0n) is 15.3. The van der Waals surface area contributed by atoms with Crippen molar-refractivity contribution in [1.29, 1.82) is 0 Å². The molecule has 2 saturated heterocycles. The number of fused-ring (bicyclic) bond motifs is 1. The lowest BCUT2D eigenvalue weighted by molar-refractivity contribution is 0.0187. The first-order chi connectivity index (χ1) is 12.6. The number of methoxy groups -OCH3 is 1. The van der Waals surface area contributed by atoms with Crippen LogP contribution >= 0.6 is 0 Å². The smallest absolute Gasteiger partial charge is 0.271 e. The van der Waals surface area contributed by atoms with Gasteiger partial charge in [-0.05, 0) is 25.2 Å². The van der Waals surface area contributed by atoms with Crippen molar-refractivity contribution >= 4 is 5.91 Å². The molecule has 1 atom stereocenters. The van der Waals surface area contributed by atoms with Crippen LogP contribution in [0.4, 0.5) is 0 Å². The molecular formula is C19H25N5O2. The Morgan fingerprint density at radius 1 is 1.19 bits per heavy atom. The number of hydrogen-bond donors (Lipinski definition) is 1. The number of likely N-dealkylation sites (N-methyl/N-ethyl adjacent to an activating group) is 1. The molecule has 0 saturated carbocycles. The fourth-order valence-electron chi connectivity index (χ4n) is 3.83. The lowest BCUT2D eigenvalue weighted by Gasteiger charge is -2.46. The first-order valence-electron chi connectivity index (χ1n) is 9.06. The van der Waals surface area contributed by atoms with E-state index < -0.39 is 0 Å². The second-order valence-electron chi connectivity index (χ2n) is 7.10. The number of amides is 1. The highest BCUT2D eigenvalue weighted by molar-refractivity contribution is 5.93. The van der Waals surface area contributed by atoms with Crippen LogP contribution in [0.2, 0.25) is 0 Å². The Kier molecular flexibility index (Phi) is 4.65. The number of rotatable bonds is 3.